The number of hydrogen-bond donors (Lipinski definition) is 2. The average molecular weight is 361 g/mol. The molecule has 1 aliphatic rings. The molecule has 3 rings (SSSR count). The van der Waals surface area contributed by atoms with E-state index in [2.05, 4.69) is 9.97 Å². The molecule has 1 aliphatic heterocycles. The van der Waals surface area contributed by atoms with Crippen molar-refractivity contribution in [2.75, 3.05) is 18.8 Å². The summed E-state index contributed by atoms with van der Waals surface area (Å²) in [7, 11) is 0. The maximum atomic E-state index is 12.4. The fraction of sp³-hybridized carbons (Fsp3) is 0.529. The van der Waals surface area contributed by atoms with E-state index in [9.17, 15) is 14.7 Å². The van der Waals surface area contributed by atoms with Crippen molar-refractivity contribution in [2.24, 2.45) is 0 Å². The molecule has 0 radical (unpaired) electrons. The number of piperidine rings is 1. The van der Waals surface area contributed by atoms with Crippen LogP contribution < -0.4 is 5.73 Å². The third-order valence-electron chi connectivity index (χ3n) is 4.31. The first kappa shape index (κ1) is 18.0. The summed E-state index contributed by atoms with van der Waals surface area (Å²) >= 11 is 0. The van der Waals surface area contributed by atoms with Crippen LogP contribution in [0.25, 0.3) is 11.0 Å². The predicted octanol–water partition coefficient (Wildman–Crippen LogP) is 2.28. The number of carboxylic acid groups (broad SMARTS) is 1. The molecule has 0 unspecified atom stereocenters. The zero-order valence-corrected chi connectivity index (χ0v) is 15.1. The lowest BCUT2D eigenvalue weighted by atomic mass is 10.1. The molecular formula is C17H23N5O4. The Morgan fingerprint density at radius 2 is 2.08 bits per heavy atom. The molecule has 1 amide bonds. The number of rotatable bonds is 2. The molecule has 9 heteroatoms. The van der Waals surface area contributed by atoms with Gasteiger partial charge in [0.25, 0.3) is 0 Å². The Bertz CT molecular complexity index is 855. The van der Waals surface area contributed by atoms with Crippen molar-refractivity contribution in [1.82, 2.24) is 19.4 Å². The summed E-state index contributed by atoms with van der Waals surface area (Å²) < 4.78 is 7.23. The summed E-state index contributed by atoms with van der Waals surface area (Å²) in [4.78, 5) is 33.7. The Morgan fingerprint density at radius 3 is 2.73 bits per heavy atom. The number of nitrogen functional groups attached to an aromatic ring is 1. The van der Waals surface area contributed by atoms with Crippen molar-refractivity contribution in [1.29, 1.82) is 0 Å². The van der Waals surface area contributed by atoms with E-state index >= 15 is 0 Å². The number of aromatic nitrogens is 3. The molecule has 26 heavy (non-hydrogen) atoms. The summed E-state index contributed by atoms with van der Waals surface area (Å²) in [5, 5.41) is 9.81. The molecule has 1 fully saturated rings. The molecule has 1 atom stereocenters. The van der Waals surface area contributed by atoms with Crippen LogP contribution in [0.15, 0.2) is 12.5 Å². The van der Waals surface area contributed by atoms with E-state index in [1.807, 2.05) is 20.8 Å². The van der Waals surface area contributed by atoms with Gasteiger partial charge in [0.1, 0.15) is 23.4 Å². The predicted molar refractivity (Wildman–Crippen MR) is 95.0 cm³/mol. The lowest BCUT2D eigenvalue weighted by molar-refractivity contribution is 0.0174. The SMILES string of the molecule is CC(C)(C)OC(=O)N1CCC[C@@H](n2cc(C(=O)O)c3c(N)ncnc32)C1. The summed E-state index contributed by atoms with van der Waals surface area (Å²) in [6, 6.07) is -0.110. The van der Waals surface area contributed by atoms with Gasteiger partial charge >= 0.3 is 12.1 Å². The van der Waals surface area contributed by atoms with Gasteiger partial charge in [-0.3, -0.25) is 0 Å². The lowest BCUT2D eigenvalue weighted by Crippen LogP contribution is -2.43. The average Bonchev–Trinajstić information content (AvgIpc) is 2.95. The Kier molecular flexibility index (Phi) is 4.47. The van der Waals surface area contributed by atoms with Gasteiger partial charge in [-0.05, 0) is 33.6 Å². The van der Waals surface area contributed by atoms with Crippen molar-refractivity contribution in [3.63, 3.8) is 0 Å². The van der Waals surface area contributed by atoms with Gasteiger partial charge in [-0.25, -0.2) is 19.6 Å². The topological polar surface area (TPSA) is 124 Å². The minimum atomic E-state index is -1.09. The maximum absolute atomic E-state index is 12.4. The van der Waals surface area contributed by atoms with Crippen molar-refractivity contribution in [3.05, 3.63) is 18.1 Å². The van der Waals surface area contributed by atoms with Crippen molar-refractivity contribution >= 4 is 28.9 Å². The Hall–Kier alpha value is -2.84. The lowest BCUT2D eigenvalue weighted by Gasteiger charge is -2.34. The van der Waals surface area contributed by atoms with Crippen LogP contribution in [0.5, 0.6) is 0 Å². The Labute approximate surface area is 150 Å². The molecule has 3 heterocycles. The van der Waals surface area contributed by atoms with Gasteiger partial charge in [-0.1, -0.05) is 0 Å². The zero-order valence-electron chi connectivity index (χ0n) is 15.1. The minimum absolute atomic E-state index is 0.0625. The van der Waals surface area contributed by atoms with E-state index in [4.69, 9.17) is 10.5 Å². The number of fused-ring (bicyclic) bond motifs is 1. The third kappa shape index (κ3) is 3.42. The summed E-state index contributed by atoms with van der Waals surface area (Å²) in [6.07, 6.45) is 4.06. The number of carbonyl (C=O) groups excluding carboxylic acids is 1. The van der Waals surface area contributed by atoms with E-state index in [1.54, 1.807) is 9.47 Å². The van der Waals surface area contributed by atoms with Gasteiger partial charge in [-0.2, -0.15) is 0 Å². The van der Waals surface area contributed by atoms with Crippen LogP contribution in [-0.4, -0.2) is 55.3 Å². The number of hydrogen-bond acceptors (Lipinski definition) is 6. The molecule has 0 saturated carbocycles. The number of aromatic carboxylic acids is 1. The minimum Gasteiger partial charge on any atom is -0.478 e. The van der Waals surface area contributed by atoms with Crippen LogP contribution in [0.4, 0.5) is 10.6 Å². The van der Waals surface area contributed by atoms with E-state index in [0.717, 1.165) is 12.8 Å². The third-order valence-corrected chi connectivity index (χ3v) is 4.31. The molecule has 3 N–H and O–H groups in total. The zero-order chi connectivity index (χ0) is 19.1. The first-order chi connectivity index (χ1) is 12.2. The van der Waals surface area contributed by atoms with Crippen LogP contribution >= 0.6 is 0 Å². The van der Waals surface area contributed by atoms with Crippen molar-refractivity contribution < 1.29 is 19.4 Å². The standard InChI is InChI=1S/C17H23N5O4/c1-17(2,3)26-16(25)21-6-4-5-10(7-21)22-8-11(15(23)24)12-13(18)19-9-20-14(12)22/h8-10H,4-7H2,1-3H3,(H,23,24)(H2,18,19,20)/t10-/m1/s1. The van der Waals surface area contributed by atoms with E-state index in [-0.39, 0.29) is 23.5 Å². The highest BCUT2D eigenvalue weighted by Crippen LogP contribution is 2.31. The molecule has 9 nitrogen and oxygen atoms in total. The number of nitrogens with two attached hydrogens (primary N) is 1. The number of amides is 1. The largest absolute Gasteiger partial charge is 0.478 e. The van der Waals surface area contributed by atoms with Crippen LogP contribution in [0.3, 0.4) is 0 Å². The van der Waals surface area contributed by atoms with Gasteiger partial charge in [0.05, 0.1) is 17.0 Å². The number of likely N-dealkylation sites (tertiary alicyclic amines) is 1. The van der Waals surface area contributed by atoms with Gasteiger partial charge in [0, 0.05) is 19.3 Å². The summed E-state index contributed by atoms with van der Waals surface area (Å²) in [5.41, 5.74) is 5.83. The second-order valence-corrected chi connectivity index (χ2v) is 7.44. The Balaban J connectivity index is 1.93. The van der Waals surface area contributed by atoms with E-state index < -0.39 is 11.6 Å². The van der Waals surface area contributed by atoms with Crippen LogP contribution in [-0.2, 0) is 4.74 Å². The molecule has 1 saturated heterocycles. The number of carboxylic acids is 1. The van der Waals surface area contributed by atoms with Crippen LogP contribution in [0.2, 0.25) is 0 Å². The first-order valence-electron chi connectivity index (χ1n) is 8.49. The molecule has 0 aliphatic carbocycles. The number of carbonyl (C=O) groups is 2. The fourth-order valence-corrected chi connectivity index (χ4v) is 3.22. The molecule has 140 valence electrons. The highest BCUT2D eigenvalue weighted by Gasteiger charge is 2.30. The second kappa shape index (κ2) is 6.47. The highest BCUT2D eigenvalue weighted by molar-refractivity contribution is 6.06. The van der Waals surface area contributed by atoms with Crippen LogP contribution in [0.1, 0.15) is 50.0 Å². The van der Waals surface area contributed by atoms with Gasteiger partial charge in [0.15, 0.2) is 0 Å². The van der Waals surface area contributed by atoms with E-state index in [0.29, 0.717) is 24.1 Å². The smallest absolute Gasteiger partial charge is 0.410 e. The number of nitrogens with zero attached hydrogens (tertiary/aromatic N) is 4. The van der Waals surface area contributed by atoms with Gasteiger partial charge in [-0.15, -0.1) is 0 Å². The number of ether oxygens (including phenoxy) is 1. The molecular weight excluding hydrogens is 338 g/mol. The monoisotopic (exact) mass is 361 g/mol. The molecule has 0 spiro atoms. The molecule has 2 aromatic rings. The van der Waals surface area contributed by atoms with Crippen LogP contribution in [0, 0.1) is 0 Å². The highest BCUT2D eigenvalue weighted by atomic mass is 16.6. The van der Waals surface area contributed by atoms with Crippen molar-refractivity contribution in [3.8, 4) is 0 Å². The van der Waals surface area contributed by atoms with Gasteiger partial charge in [0.2, 0.25) is 0 Å². The van der Waals surface area contributed by atoms with E-state index in [1.165, 1.54) is 12.5 Å². The molecule has 2 aromatic heterocycles. The maximum Gasteiger partial charge on any atom is 0.410 e. The second-order valence-electron chi connectivity index (χ2n) is 7.44. The fourth-order valence-electron chi connectivity index (χ4n) is 3.22. The molecule has 0 aromatic carbocycles. The quantitative estimate of drug-likeness (QED) is 0.841. The Morgan fingerprint density at radius 1 is 1.35 bits per heavy atom. The molecule has 0 bridgehead atoms. The number of anilines is 1. The summed E-state index contributed by atoms with van der Waals surface area (Å²) in [6.45, 7) is 6.50. The summed E-state index contributed by atoms with van der Waals surface area (Å²) in [5.74, 6) is -0.957. The normalized spacial score (nSPS) is 18.1. The first-order valence-corrected chi connectivity index (χ1v) is 8.49. The van der Waals surface area contributed by atoms with Gasteiger partial charge < -0.3 is 25.0 Å². The van der Waals surface area contributed by atoms with Crippen molar-refractivity contribution in [2.45, 2.75) is 45.3 Å².